The van der Waals surface area contributed by atoms with Crippen molar-refractivity contribution in [3.63, 3.8) is 0 Å². The Morgan fingerprint density at radius 2 is 1.81 bits per heavy atom. The first-order chi connectivity index (χ1) is 14.6. The SMILES string of the molecule is COc1ccc(SCCCC(=O)N(CCCN(C)C)c2nc3ccccc3s2)cc1.Cl. The predicted molar refractivity (Wildman–Crippen MR) is 135 cm³/mol. The van der Waals surface area contributed by atoms with Crippen LogP contribution >= 0.6 is 35.5 Å². The maximum Gasteiger partial charge on any atom is 0.228 e. The third-order valence-corrected chi connectivity index (χ3v) is 6.82. The van der Waals surface area contributed by atoms with E-state index in [1.54, 1.807) is 30.2 Å². The smallest absolute Gasteiger partial charge is 0.228 e. The van der Waals surface area contributed by atoms with Crippen molar-refractivity contribution in [2.24, 2.45) is 0 Å². The average molecular weight is 480 g/mol. The first-order valence-corrected chi connectivity index (χ1v) is 11.9. The summed E-state index contributed by atoms with van der Waals surface area (Å²) in [6.07, 6.45) is 2.29. The van der Waals surface area contributed by atoms with Crippen LogP contribution in [0.15, 0.2) is 53.4 Å². The Labute approximate surface area is 199 Å². The Morgan fingerprint density at radius 1 is 1.06 bits per heavy atom. The number of thioether (sulfide) groups is 1. The van der Waals surface area contributed by atoms with E-state index in [1.165, 1.54) is 4.90 Å². The Morgan fingerprint density at radius 3 is 2.48 bits per heavy atom. The topological polar surface area (TPSA) is 45.7 Å². The number of ether oxygens (including phenoxy) is 1. The summed E-state index contributed by atoms with van der Waals surface area (Å²) in [7, 11) is 5.78. The Bertz CT molecular complexity index is 914. The lowest BCUT2D eigenvalue weighted by atomic mass is 10.3. The van der Waals surface area contributed by atoms with Gasteiger partial charge in [-0.1, -0.05) is 23.5 Å². The summed E-state index contributed by atoms with van der Waals surface area (Å²) in [5.74, 6) is 1.92. The first-order valence-electron chi connectivity index (χ1n) is 10.1. The maximum absolute atomic E-state index is 13.0. The fourth-order valence-electron chi connectivity index (χ4n) is 3.07. The zero-order valence-electron chi connectivity index (χ0n) is 18.2. The predicted octanol–water partition coefficient (Wildman–Crippen LogP) is 5.58. The maximum atomic E-state index is 13.0. The lowest BCUT2D eigenvalue weighted by molar-refractivity contribution is -0.118. The van der Waals surface area contributed by atoms with Gasteiger partial charge in [-0.3, -0.25) is 9.69 Å². The average Bonchev–Trinajstić information content (AvgIpc) is 3.18. The minimum Gasteiger partial charge on any atom is -0.497 e. The fourth-order valence-corrected chi connectivity index (χ4v) is 4.93. The van der Waals surface area contributed by atoms with Crippen molar-refractivity contribution >= 4 is 56.8 Å². The summed E-state index contributed by atoms with van der Waals surface area (Å²) >= 11 is 3.36. The summed E-state index contributed by atoms with van der Waals surface area (Å²) in [6.45, 7) is 1.64. The van der Waals surface area contributed by atoms with E-state index in [-0.39, 0.29) is 18.3 Å². The number of halogens is 1. The minimum atomic E-state index is 0. The molecule has 2 aromatic carbocycles. The van der Waals surface area contributed by atoms with Crippen LogP contribution in [0, 0.1) is 0 Å². The summed E-state index contributed by atoms with van der Waals surface area (Å²) in [6, 6.07) is 16.1. The molecule has 31 heavy (non-hydrogen) atoms. The molecule has 0 saturated heterocycles. The van der Waals surface area contributed by atoms with Crippen molar-refractivity contribution in [1.82, 2.24) is 9.88 Å². The van der Waals surface area contributed by atoms with Crippen LogP contribution in [0.2, 0.25) is 0 Å². The number of hydrogen-bond acceptors (Lipinski definition) is 6. The lowest BCUT2D eigenvalue weighted by Gasteiger charge is -2.21. The molecule has 0 fully saturated rings. The van der Waals surface area contributed by atoms with Gasteiger partial charge in [0.1, 0.15) is 5.75 Å². The zero-order chi connectivity index (χ0) is 21.3. The highest BCUT2D eigenvalue weighted by molar-refractivity contribution is 7.99. The molecule has 0 aliphatic rings. The van der Waals surface area contributed by atoms with Crippen LogP contribution in [0.25, 0.3) is 10.2 Å². The fraction of sp³-hybridized carbons (Fsp3) is 0.391. The number of aromatic nitrogens is 1. The lowest BCUT2D eigenvalue weighted by Crippen LogP contribution is -2.33. The van der Waals surface area contributed by atoms with Gasteiger partial charge in [0, 0.05) is 17.9 Å². The van der Waals surface area contributed by atoms with Crippen molar-refractivity contribution in [2.45, 2.75) is 24.2 Å². The van der Waals surface area contributed by atoms with Gasteiger partial charge in [0.15, 0.2) is 5.13 Å². The molecule has 0 aliphatic heterocycles. The van der Waals surface area contributed by atoms with Gasteiger partial charge in [-0.2, -0.15) is 0 Å². The van der Waals surface area contributed by atoms with Crippen molar-refractivity contribution < 1.29 is 9.53 Å². The number of methoxy groups -OCH3 is 1. The molecular formula is C23H30ClN3O2S2. The molecule has 3 aromatic rings. The number of thiazole rings is 1. The van der Waals surface area contributed by atoms with Gasteiger partial charge < -0.3 is 9.64 Å². The van der Waals surface area contributed by atoms with Crippen LogP contribution in [0.5, 0.6) is 5.75 Å². The van der Waals surface area contributed by atoms with Crippen molar-refractivity contribution in [3.8, 4) is 5.75 Å². The minimum absolute atomic E-state index is 0. The third-order valence-electron chi connectivity index (χ3n) is 4.66. The standard InChI is InChI=1S/C23H29N3O2S2.ClH/c1-25(2)15-7-16-26(23-24-20-8-4-5-9-21(20)30-23)22(27)10-6-17-29-19-13-11-18(28-3)12-14-19;/h4-5,8-9,11-14H,6-7,10,15-17H2,1-3H3;1H. The molecule has 0 spiro atoms. The summed E-state index contributed by atoms with van der Waals surface area (Å²) in [5, 5.41) is 0.808. The van der Waals surface area contributed by atoms with Gasteiger partial charge in [0.25, 0.3) is 0 Å². The van der Waals surface area contributed by atoms with Gasteiger partial charge in [-0.25, -0.2) is 4.98 Å². The number of carbonyl (C=O) groups is 1. The van der Waals surface area contributed by atoms with Gasteiger partial charge in [-0.05, 0) is 75.6 Å². The number of rotatable bonds is 11. The summed E-state index contributed by atoms with van der Waals surface area (Å²) in [4.78, 5) is 23.0. The van der Waals surface area contributed by atoms with Crippen LogP contribution in [-0.4, -0.2) is 55.8 Å². The van der Waals surface area contributed by atoms with Crippen LogP contribution in [-0.2, 0) is 4.79 Å². The van der Waals surface area contributed by atoms with Crippen molar-refractivity contribution in [1.29, 1.82) is 0 Å². The largest absolute Gasteiger partial charge is 0.497 e. The first kappa shape index (κ1) is 25.5. The van der Waals surface area contributed by atoms with E-state index in [0.29, 0.717) is 13.0 Å². The Kier molecular flexibility index (Phi) is 10.6. The van der Waals surface area contributed by atoms with E-state index >= 15 is 0 Å². The van der Waals surface area contributed by atoms with Gasteiger partial charge in [0.05, 0.1) is 17.3 Å². The number of anilines is 1. The van der Waals surface area contributed by atoms with E-state index in [0.717, 1.165) is 46.2 Å². The van der Waals surface area contributed by atoms with Crippen molar-refractivity contribution in [2.75, 3.05) is 44.9 Å². The Balaban J connectivity index is 0.00000341. The second kappa shape index (κ2) is 12.9. The normalized spacial score (nSPS) is 10.8. The molecule has 0 atom stereocenters. The summed E-state index contributed by atoms with van der Waals surface area (Å²) < 4.78 is 6.31. The molecule has 0 aliphatic carbocycles. The van der Waals surface area contributed by atoms with Crippen LogP contribution in [0.1, 0.15) is 19.3 Å². The molecule has 5 nitrogen and oxygen atoms in total. The van der Waals surface area contributed by atoms with E-state index in [2.05, 4.69) is 37.2 Å². The highest BCUT2D eigenvalue weighted by Gasteiger charge is 2.19. The molecule has 1 aromatic heterocycles. The van der Waals surface area contributed by atoms with E-state index in [4.69, 9.17) is 9.72 Å². The van der Waals surface area contributed by atoms with E-state index in [9.17, 15) is 4.79 Å². The number of benzene rings is 2. The zero-order valence-corrected chi connectivity index (χ0v) is 20.7. The number of para-hydroxylation sites is 1. The number of hydrogen-bond donors (Lipinski definition) is 0. The molecule has 0 radical (unpaired) electrons. The molecule has 1 amide bonds. The second-order valence-electron chi connectivity index (χ2n) is 7.29. The highest BCUT2D eigenvalue weighted by Crippen LogP contribution is 2.29. The number of amides is 1. The molecule has 1 heterocycles. The van der Waals surface area contributed by atoms with Crippen LogP contribution in [0.3, 0.4) is 0 Å². The molecule has 3 rings (SSSR count). The molecule has 0 unspecified atom stereocenters. The Hall–Kier alpha value is -1.80. The van der Waals surface area contributed by atoms with Crippen LogP contribution in [0.4, 0.5) is 5.13 Å². The van der Waals surface area contributed by atoms with Gasteiger partial charge in [-0.15, -0.1) is 24.2 Å². The number of nitrogens with zero attached hydrogens (tertiary/aromatic N) is 3. The van der Waals surface area contributed by atoms with Gasteiger partial charge >= 0.3 is 0 Å². The van der Waals surface area contributed by atoms with Crippen molar-refractivity contribution in [3.05, 3.63) is 48.5 Å². The number of fused-ring (bicyclic) bond motifs is 1. The summed E-state index contributed by atoms with van der Waals surface area (Å²) in [5.41, 5.74) is 0.956. The molecule has 168 valence electrons. The quantitative estimate of drug-likeness (QED) is 0.265. The molecule has 8 heteroatoms. The van der Waals surface area contributed by atoms with E-state index in [1.807, 2.05) is 35.2 Å². The molecule has 0 bridgehead atoms. The molecule has 0 saturated carbocycles. The van der Waals surface area contributed by atoms with E-state index < -0.39 is 0 Å². The molecule has 0 N–H and O–H groups in total. The van der Waals surface area contributed by atoms with Crippen LogP contribution < -0.4 is 9.64 Å². The monoisotopic (exact) mass is 479 g/mol. The number of carbonyl (C=O) groups excluding carboxylic acids is 1. The molecular weight excluding hydrogens is 450 g/mol. The highest BCUT2D eigenvalue weighted by atomic mass is 35.5. The third kappa shape index (κ3) is 7.68. The second-order valence-corrected chi connectivity index (χ2v) is 9.47. The van der Waals surface area contributed by atoms with Gasteiger partial charge in [0.2, 0.25) is 5.91 Å².